The first-order valence-electron chi connectivity index (χ1n) is 7.64. The van der Waals surface area contributed by atoms with Gasteiger partial charge in [0.1, 0.15) is 5.75 Å². The largest absolute Gasteiger partial charge is 0.491 e. The Hall–Kier alpha value is -1.02. The number of nitrogens with one attached hydrogen (secondary N) is 1. The molecule has 1 atom stereocenters. The average molecular weight is 261 g/mol. The normalized spacial score (nSPS) is 17.9. The molecule has 0 amide bonds. The molecular formula is C17H27NO. The van der Waals surface area contributed by atoms with E-state index in [1.807, 2.05) is 6.07 Å². The van der Waals surface area contributed by atoms with Gasteiger partial charge < -0.3 is 10.1 Å². The third-order valence-electron chi connectivity index (χ3n) is 4.06. The van der Waals surface area contributed by atoms with E-state index in [4.69, 9.17) is 4.74 Å². The molecular weight excluding hydrogens is 234 g/mol. The second-order valence-electron chi connectivity index (χ2n) is 5.99. The molecule has 1 fully saturated rings. The molecule has 1 aromatic carbocycles. The van der Waals surface area contributed by atoms with Crippen LogP contribution in [-0.2, 0) is 6.54 Å². The van der Waals surface area contributed by atoms with Gasteiger partial charge in [0.05, 0.1) is 6.10 Å². The van der Waals surface area contributed by atoms with Crippen molar-refractivity contribution in [1.82, 2.24) is 5.32 Å². The summed E-state index contributed by atoms with van der Waals surface area (Å²) in [5.41, 5.74) is 1.26. The van der Waals surface area contributed by atoms with E-state index in [1.54, 1.807) is 0 Å². The average Bonchev–Trinajstić information content (AvgIpc) is 2.90. The zero-order valence-electron chi connectivity index (χ0n) is 12.5. The van der Waals surface area contributed by atoms with Gasteiger partial charge in [-0.3, -0.25) is 0 Å². The molecule has 106 valence electrons. The monoisotopic (exact) mass is 261 g/mol. The van der Waals surface area contributed by atoms with Crippen LogP contribution in [0.5, 0.6) is 5.75 Å². The van der Waals surface area contributed by atoms with Crippen molar-refractivity contribution < 1.29 is 4.74 Å². The van der Waals surface area contributed by atoms with Gasteiger partial charge in [0.2, 0.25) is 0 Å². The van der Waals surface area contributed by atoms with Crippen LogP contribution in [-0.4, -0.2) is 12.1 Å². The second-order valence-corrected chi connectivity index (χ2v) is 5.99. The maximum Gasteiger partial charge on any atom is 0.124 e. The van der Waals surface area contributed by atoms with Crippen LogP contribution in [0.4, 0.5) is 0 Å². The summed E-state index contributed by atoms with van der Waals surface area (Å²) >= 11 is 0. The molecule has 0 aliphatic heterocycles. The van der Waals surface area contributed by atoms with E-state index in [2.05, 4.69) is 44.3 Å². The number of para-hydroxylation sites is 1. The van der Waals surface area contributed by atoms with E-state index in [1.165, 1.54) is 31.2 Å². The summed E-state index contributed by atoms with van der Waals surface area (Å²) in [5.74, 6) is 1.88. The molecule has 0 unspecified atom stereocenters. The zero-order chi connectivity index (χ0) is 13.7. The summed E-state index contributed by atoms with van der Waals surface area (Å²) < 4.78 is 5.86. The predicted molar refractivity (Wildman–Crippen MR) is 80.5 cm³/mol. The van der Waals surface area contributed by atoms with Gasteiger partial charge in [-0.2, -0.15) is 0 Å². The standard InChI is InChI=1S/C17H27NO/c1-13(2)19-17-11-7-6-10-16(17)12-18-14(3)15-8-4-5-9-15/h6-7,10-11,13-15,18H,4-5,8-9,12H2,1-3H3/t14-/m0/s1. The Morgan fingerprint density at radius 3 is 2.53 bits per heavy atom. The van der Waals surface area contributed by atoms with Crippen LogP contribution in [0.3, 0.4) is 0 Å². The van der Waals surface area contributed by atoms with Gasteiger partial charge in [0.25, 0.3) is 0 Å². The number of hydrogen-bond donors (Lipinski definition) is 1. The van der Waals surface area contributed by atoms with E-state index in [9.17, 15) is 0 Å². The Balaban J connectivity index is 1.91. The molecule has 0 radical (unpaired) electrons. The smallest absolute Gasteiger partial charge is 0.124 e. The SMILES string of the molecule is CC(C)Oc1ccccc1CN[C@@H](C)C1CCCC1. The topological polar surface area (TPSA) is 21.3 Å². The minimum absolute atomic E-state index is 0.230. The highest BCUT2D eigenvalue weighted by Gasteiger charge is 2.21. The van der Waals surface area contributed by atoms with Crippen molar-refractivity contribution in [2.45, 2.75) is 65.1 Å². The highest BCUT2D eigenvalue weighted by molar-refractivity contribution is 5.33. The van der Waals surface area contributed by atoms with Crippen molar-refractivity contribution >= 4 is 0 Å². The Morgan fingerprint density at radius 1 is 1.16 bits per heavy atom. The molecule has 0 aromatic heterocycles. The Morgan fingerprint density at radius 2 is 1.84 bits per heavy atom. The molecule has 1 aromatic rings. The molecule has 0 saturated heterocycles. The Kier molecular flexibility index (Phi) is 5.26. The van der Waals surface area contributed by atoms with E-state index in [0.717, 1.165) is 18.2 Å². The minimum atomic E-state index is 0.230. The molecule has 0 spiro atoms. The zero-order valence-corrected chi connectivity index (χ0v) is 12.5. The summed E-state index contributed by atoms with van der Waals surface area (Å²) in [5, 5.41) is 3.67. The van der Waals surface area contributed by atoms with Crippen LogP contribution in [0, 0.1) is 5.92 Å². The predicted octanol–water partition coefficient (Wildman–Crippen LogP) is 4.14. The lowest BCUT2D eigenvalue weighted by atomic mass is 9.99. The van der Waals surface area contributed by atoms with Gasteiger partial charge in [-0.05, 0) is 45.6 Å². The third kappa shape index (κ3) is 4.24. The lowest BCUT2D eigenvalue weighted by Gasteiger charge is -2.21. The number of hydrogen-bond acceptors (Lipinski definition) is 2. The van der Waals surface area contributed by atoms with Crippen molar-refractivity contribution in [1.29, 1.82) is 0 Å². The Labute approximate surface area is 117 Å². The lowest BCUT2D eigenvalue weighted by molar-refractivity contribution is 0.239. The molecule has 1 aliphatic rings. The fourth-order valence-electron chi connectivity index (χ4n) is 2.91. The molecule has 1 aliphatic carbocycles. The van der Waals surface area contributed by atoms with Crippen LogP contribution in [0.2, 0.25) is 0 Å². The first-order chi connectivity index (χ1) is 9.16. The van der Waals surface area contributed by atoms with Gasteiger partial charge in [0.15, 0.2) is 0 Å². The van der Waals surface area contributed by atoms with Crippen LogP contribution in [0.15, 0.2) is 24.3 Å². The van der Waals surface area contributed by atoms with Gasteiger partial charge >= 0.3 is 0 Å². The highest BCUT2D eigenvalue weighted by atomic mass is 16.5. The van der Waals surface area contributed by atoms with Crippen LogP contribution < -0.4 is 10.1 Å². The molecule has 2 rings (SSSR count). The molecule has 2 nitrogen and oxygen atoms in total. The summed E-state index contributed by atoms with van der Waals surface area (Å²) in [6.45, 7) is 7.37. The van der Waals surface area contributed by atoms with Gasteiger partial charge in [-0.15, -0.1) is 0 Å². The van der Waals surface area contributed by atoms with Gasteiger partial charge in [-0.1, -0.05) is 31.0 Å². The summed E-state index contributed by atoms with van der Waals surface area (Å²) in [7, 11) is 0. The van der Waals surface area contributed by atoms with Gasteiger partial charge in [-0.25, -0.2) is 0 Å². The van der Waals surface area contributed by atoms with Crippen molar-refractivity contribution in [3.05, 3.63) is 29.8 Å². The van der Waals surface area contributed by atoms with Crippen LogP contribution in [0.25, 0.3) is 0 Å². The number of rotatable bonds is 6. The molecule has 1 N–H and O–H groups in total. The fraction of sp³-hybridized carbons (Fsp3) is 0.647. The quantitative estimate of drug-likeness (QED) is 0.831. The highest BCUT2D eigenvalue weighted by Crippen LogP contribution is 2.28. The van der Waals surface area contributed by atoms with E-state index in [-0.39, 0.29) is 6.10 Å². The first-order valence-corrected chi connectivity index (χ1v) is 7.64. The van der Waals surface area contributed by atoms with E-state index in [0.29, 0.717) is 6.04 Å². The Bertz CT molecular complexity index is 383. The minimum Gasteiger partial charge on any atom is -0.491 e. The van der Waals surface area contributed by atoms with E-state index < -0.39 is 0 Å². The second kappa shape index (κ2) is 6.95. The van der Waals surface area contributed by atoms with Crippen molar-refractivity contribution in [2.24, 2.45) is 5.92 Å². The summed E-state index contributed by atoms with van der Waals surface area (Å²) in [6.07, 6.45) is 5.82. The fourth-order valence-corrected chi connectivity index (χ4v) is 2.91. The molecule has 2 heteroatoms. The van der Waals surface area contributed by atoms with Crippen LogP contribution in [0.1, 0.15) is 52.0 Å². The summed E-state index contributed by atoms with van der Waals surface area (Å²) in [4.78, 5) is 0. The molecule has 0 bridgehead atoms. The van der Waals surface area contributed by atoms with Crippen LogP contribution >= 0.6 is 0 Å². The first kappa shape index (κ1) is 14.4. The number of ether oxygens (including phenoxy) is 1. The molecule has 1 saturated carbocycles. The lowest BCUT2D eigenvalue weighted by Crippen LogP contribution is -2.31. The molecule has 19 heavy (non-hydrogen) atoms. The van der Waals surface area contributed by atoms with Gasteiger partial charge in [0, 0.05) is 18.2 Å². The van der Waals surface area contributed by atoms with Crippen molar-refractivity contribution in [2.75, 3.05) is 0 Å². The maximum absolute atomic E-state index is 5.86. The van der Waals surface area contributed by atoms with Crippen molar-refractivity contribution in [3.8, 4) is 5.75 Å². The van der Waals surface area contributed by atoms with E-state index >= 15 is 0 Å². The number of benzene rings is 1. The maximum atomic E-state index is 5.86. The summed E-state index contributed by atoms with van der Waals surface area (Å²) in [6, 6.07) is 8.96. The molecule has 0 heterocycles. The van der Waals surface area contributed by atoms with Crippen molar-refractivity contribution in [3.63, 3.8) is 0 Å². The third-order valence-corrected chi connectivity index (χ3v) is 4.06.